The summed E-state index contributed by atoms with van der Waals surface area (Å²) >= 11 is 0. The molecular formula is C21H35N5O2. The van der Waals surface area contributed by atoms with Crippen molar-refractivity contribution in [1.29, 1.82) is 0 Å². The molecule has 1 aromatic rings. The van der Waals surface area contributed by atoms with E-state index in [4.69, 9.17) is 10.5 Å². The first kappa shape index (κ1) is 20.7. The van der Waals surface area contributed by atoms with Crippen LogP contribution in [0.5, 0.6) is 5.88 Å². The van der Waals surface area contributed by atoms with Gasteiger partial charge in [0.25, 0.3) is 0 Å². The molecule has 4 N–H and O–H groups in total. The lowest BCUT2D eigenvalue weighted by atomic mass is 9.85. The van der Waals surface area contributed by atoms with Gasteiger partial charge >= 0.3 is 0 Å². The Hall–Kier alpha value is -2.02. The van der Waals surface area contributed by atoms with Crippen molar-refractivity contribution in [2.75, 3.05) is 31.2 Å². The molecule has 1 amide bonds. The zero-order valence-corrected chi connectivity index (χ0v) is 17.4. The molecule has 0 spiro atoms. The number of nitrogens with two attached hydrogens (primary N) is 1. The van der Waals surface area contributed by atoms with E-state index in [1.807, 2.05) is 19.9 Å². The van der Waals surface area contributed by atoms with Crippen LogP contribution in [-0.4, -0.2) is 54.1 Å². The molecular weight excluding hydrogens is 354 g/mol. The minimum absolute atomic E-state index is 0.124. The number of nitrogens with zero attached hydrogens (tertiary/aromatic N) is 2. The Balaban J connectivity index is 1.52. The summed E-state index contributed by atoms with van der Waals surface area (Å²) in [5.74, 6) is 0.945. The van der Waals surface area contributed by atoms with Crippen LogP contribution in [0.2, 0.25) is 0 Å². The molecule has 2 aliphatic rings. The van der Waals surface area contributed by atoms with Gasteiger partial charge in [0.05, 0.1) is 17.6 Å². The number of amides is 1. The minimum Gasteiger partial charge on any atom is -0.474 e. The Morgan fingerprint density at radius 1 is 1.21 bits per heavy atom. The maximum atomic E-state index is 12.2. The van der Waals surface area contributed by atoms with Crippen LogP contribution in [0.25, 0.3) is 0 Å². The molecule has 7 nitrogen and oxygen atoms in total. The van der Waals surface area contributed by atoms with E-state index in [1.165, 1.54) is 0 Å². The third-order valence-electron chi connectivity index (χ3n) is 5.75. The molecule has 0 atom stereocenters. The van der Waals surface area contributed by atoms with E-state index in [0.717, 1.165) is 57.3 Å². The van der Waals surface area contributed by atoms with E-state index in [0.29, 0.717) is 17.6 Å². The first-order chi connectivity index (χ1) is 13.4. The van der Waals surface area contributed by atoms with Crippen molar-refractivity contribution in [3.8, 4) is 5.88 Å². The number of piperidine rings is 1. The summed E-state index contributed by atoms with van der Waals surface area (Å²) in [5.41, 5.74) is 7.65. The molecule has 0 aromatic carbocycles. The Labute approximate surface area is 168 Å². The Kier molecular flexibility index (Phi) is 6.99. The van der Waals surface area contributed by atoms with Gasteiger partial charge in [-0.2, -0.15) is 0 Å². The van der Waals surface area contributed by atoms with Crippen molar-refractivity contribution in [3.05, 3.63) is 12.3 Å². The van der Waals surface area contributed by atoms with Gasteiger partial charge in [-0.15, -0.1) is 0 Å². The average molecular weight is 390 g/mol. The second-order valence-corrected chi connectivity index (χ2v) is 8.59. The first-order valence-electron chi connectivity index (χ1n) is 10.6. The average Bonchev–Trinajstić information content (AvgIpc) is 2.66. The van der Waals surface area contributed by atoms with Gasteiger partial charge in [0.1, 0.15) is 6.10 Å². The van der Waals surface area contributed by atoms with E-state index in [-0.39, 0.29) is 24.0 Å². The van der Waals surface area contributed by atoms with Crippen molar-refractivity contribution >= 4 is 17.3 Å². The zero-order chi connectivity index (χ0) is 20.1. The number of nitrogen functional groups attached to an aromatic ring is 1. The van der Waals surface area contributed by atoms with Crippen LogP contribution in [-0.2, 0) is 4.79 Å². The number of carbonyl (C=O) groups excluding carboxylic acids is 1. The van der Waals surface area contributed by atoms with Crippen molar-refractivity contribution < 1.29 is 9.53 Å². The maximum absolute atomic E-state index is 12.2. The number of rotatable bonds is 6. The van der Waals surface area contributed by atoms with E-state index in [9.17, 15) is 4.79 Å². The van der Waals surface area contributed by atoms with Crippen molar-refractivity contribution in [3.63, 3.8) is 0 Å². The number of anilines is 2. The quantitative estimate of drug-likeness (QED) is 0.693. The Morgan fingerprint density at radius 2 is 1.89 bits per heavy atom. The van der Waals surface area contributed by atoms with Gasteiger partial charge in [-0.05, 0) is 59.4 Å². The lowest BCUT2D eigenvalue weighted by molar-refractivity contribution is -0.126. The largest absolute Gasteiger partial charge is 0.474 e. The van der Waals surface area contributed by atoms with Crippen LogP contribution in [0.15, 0.2) is 12.3 Å². The fraction of sp³-hybridized carbons (Fsp3) is 0.714. The molecule has 1 aliphatic carbocycles. The topological polar surface area (TPSA) is 92.5 Å². The molecule has 2 heterocycles. The van der Waals surface area contributed by atoms with Crippen molar-refractivity contribution in [2.45, 2.75) is 70.6 Å². The summed E-state index contributed by atoms with van der Waals surface area (Å²) in [7, 11) is 2.14. The molecule has 0 unspecified atom stereocenters. The molecule has 7 heteroatoms. The van der Waals surface area contributed by atoms with Crippen LogP contribution in [0.3, 0.4) is 0 Å². The molecule has 156 valence electrons. The monoisotopic (exact) mass is 389 g/mol. The van der Waals surface area contributed by atoms with E-state index in [2.05, 4.69) is 27.6 Å². The van der Waals surface area contributed by atoms with Gasteiger partial charge in [-0.1, -0.05) is 0 Å². The van der Waals surface area contributed by atoms with Crippen LogP contribution < -0.4 is 21.1 Å². The van der Waals surface area contributed by atoms with E-state index >= 15 is 0 Å². The second-order valence-electron chi connectivity index (χ2n) is 8.59. The molecule has 0 radical (unpaired) electrons. The number of carbonyl (C=O) groups is 1. The fourth-order valence-electron chi connectivity index (χ4n) is 4.03. The molecule has 1 aliphatic heterocycles. The molecule has 1 saturated heterocycles. The third kappa shape index (κ3) is 5.74. The van der Waals surface area contributed by atoms with Crippen LogP contribution in [0, 0.1) is 5.92 Å². The number of likely N-dealkylation sites (tertiary alicyclic amines) is 1. The van der Waals surface area contributed by atoms with Gasteiger partial charge in [0.2, 0.25) is 11.8 Å². The van der Waals surface area contributed by atoms with Crippen molar-refractivity contribution in [1.82, 2.24) is 15.2 Å². The normalized spacial score (nSPS) is 24.1. The van der Waals surface area contributed by atoms with Crippen molar-refractivity contribution in [2.24, 2.45) is 5.92 Å². The SMILES string of the molecule is CC(C)NC(=O)C1CCC(Nc2cc(OC3CCN(C)CC3)ncc2N)CC1. The smallest absolute Gasteiger partial charge is 0.223 e. The summed E-state index contributed by atoms with van der Waals surface area (Å²) in [6.45, 7) is 6.11. The van der Waals surface area contributed by atoms with Crippen LogP contribution in [0.4, 0.5) is 11.4 Å². The predicted molar refractivity (Wildman–Crippen MR) is 112 cm³/mol. The third-order valence-corrected chi connectivity index (χ3v) is 5.75. The minimum atomic E-state index is 0.124. The van der Waals surface area contributed by atoms with Crippen LogP contribution in [0.1, 0.15) is 52.4 Å². The highest BCUT2D eigenvalue weighted by atomic mass is 16.5. The lowest BCUT2D eigenvalue weighted by Crippen LogP contribution is -2.39. The number of hydrogen-bond acceptors (Lipinski definition) is 6. The van der Waals surface area contributed by atoms with Gasteiger partial charge in [-0.25, -0.2) is 4.98 Å². The molecule has 2 fully saturated rings. The maximum Gasteiger partial charge on any atom is 0.223 e. The van der Waals surface area contributed by atoms with Gasteiger partial charge in [0, 0.05) is 37.2 Å². The summed E-state index contributed by atoms with van der Waals surface area (Å²) in [6.07, 6.45) is 7.66. The summed E-state index contributed by atoms with van der Waals surface area (Å²) in [4.78, 5) is 18.9. The zero-order valence-electron chi connectivity index (χ0n) is 17.4. The highest BCUT2D eigenvalue weighted by Gasteiger charge is 2.27. The Morgan fingerprint density at radius 3 is 2.54 bits per heavy atom. The number of aromatic nitrogens is 1. The van der Waals surface area contributed by atoms with E-state index < -0.39 is 0 Å². The lowest BCUT2D eigenvalue weighted by Gasteiger charge is -2.30. The second kappa shape index (κ2) is 9.45. The Bertz CT molecular complexity index is 650. The molecule has 28 heavy (non-hydrogen) atoms. The molecule has 0 bridgehead atoms. The van der Waals surface area contributed by atoms with Gasteiger partial charge < -0.3 is 26.0 Å². The number of ether oxygens (including phenoxy) is 1. The van der Waals surface area contributed by atoms with Gasteiger partial charge in [0.15, 0.2) is 0 Å². The predicted octanol–water partition coefficient (Wildman–Crippen LogP) is 2.63. The fourth-order valence-corrected chi connectivity index (χ4v) is 4.03. The number of nitrogens with one attached hydrogen (secondary N) is 2. The summed E-state index contributed by atoms with van der Waals surface area (Å²) in [5, 5.41) is 6.58. The van der Waals surface area contributed by atoms with E-state index in [1.54, 1.807) is 6.20 Å². The highest BCUT2D eigenvalue weighted by molar-refractivity contribution is 5.79. The molecule has 3 rings (SSSR count). The highest BCUT2D eigenvalue weighted by Crippen LogP contribution is 2.30. The van der Waals surface area contributed by atoms with Crippen LogP contribution >= 0.6 is 0 Å². The summed E-state index contributed by atoms with van der Waals surface area (Å²) in [6, 6.07) is 2.44. The number of hydrogen-bond donors (Lipinski definition) is 3. The molecule has 1 saturated carbocycles. The first-order valence-corrected chi connectivity index (χ1v) is 10.6. The molecule has 1 aromatic heterocycles. The standard InChI is InChI=1S/C21H35N5O2/c1-14(2)24-21(27)15-4-6-16(7-5-15)25-19-12-20(23-13-18(19)22)28-17-8-10-26(3)11-9-17/h12-17H,4-11,22H2,1-3H3,(H,23,25)(H,24,27). The van der Waals surface area contributed by atoms with Gasteiger partial charge in [-0.3, -0.25) is 4.79 Å². The summed E-state index contributed by atoms with van der Waals surface area (Å²) < 4.78 is 6.09. The number of pyridine rings is 1.